The van der Waals surface area contributed by atoms with E-state index in [1.807, 2.05) is 6.07 Å². The molecule has 0 spiro atoms. The van der Waals surface area contributed by atoms with Crippen LogP contribution in [0.3, 0.4) is 0 Å². The van der Waals surface area contributed by atoms with Crippen LogP contribution < -0.4 is 5.30 Å². The molecule has 0 bridgehead atoms. The second-order valence-electron chi connectivity index (χ2n) is 7.95. The van der Waals surface area contributed by atoms with Crippen molar-refractivity contribution >= 4 is 12.9 Å². The number of hydrogen-bond donors (Lipinski definition) is 2. The van der Waals surface area contributed by atoms with E-state index in [9.17, 15) is 14.4 Å². The average molecular weight is 541 g/mol. The summed E-state index contributed by atoms with van der Waals surface area (Å²) in [4.78, 5) is 19.7. The number of unbranched alkanes of at least 4 members (excludes halogenated alkanes) is 7. The van der Waals surface area contributed by atoms with Gasteiger partial charge in [0.15, 0.2) is 0 Å². The van der Waals surface area contributed by atoms with Crippen LogP contribution in [0.4, 0.5) is 0 Å². The Hall–Kier alpha value is 0.721. The van der Waals surface area contributed by atoms with Gasteiger partial charge in [0.05, 0.1) is 5.30 Å². The number of hydrogen-bond acceptors (Lipinski definition) is 1. The minimum absolute atomic E-state index is 0. The van der Waals surface area contributed by atoms with Crippen molar-refractivity contribution in [2.75, 3.05) is 0 Å². The molecule has 1 aromatic rings. The second kappa shape index (κ2) is 16.4. The first kappa shape index (κ1) is 28.7. The molecule has 0 amide bonds. The van der Waals surface area contributed by atoms with E-state index in [1.165, 1.54) is 51.4 Å². The van der Waals surface area contributed by atoms with Crippen molar-refractivity contribution in [3.63, 3.8) is 0 Å². The zero-order chi connectivity index (χ0) is 20.1. The van der Waals surface area contributed by atoms with Crippen molar-refractivity contribution in [3.8, 4) is 0 Å². The molecular weight excluding hydrogens is 499 g/mol. The van der Waals surface area contributed by atoms with Crippen LogP contribution in [0.25, 0.3) is 0 Å². The minimum atomic E-state index is -4.23. The summed E-state index contributed by atoms with van der Waals surface area (Å²) in [6, 6.07) is 5.54. The molecule has 2 N–H and O–H groups in total. The Labute approximate surface area is 206 Å². The summed E-state index contributed by atoms with van der Waals surface area (Å²) in [6.07, 6.45) is 15.0. The molecule has 5 heteroatoms. The van der Waals surface area contributed by atoms with Gasteiger partial charge in [-0.3, -0.25) is 4.57 Å². The summed E-state index contributed by atoms with van der Waals surface area (Å²) in [6.45, 7) is 6.67. The standard InChI is InChI=1S/C23H41O3P.Nd/c1-4-7-9-10-11-12-13-17-22-21(19-20(6-3)15-8-5-2)16-14-18-23(22)27(24,25)26;/h14,16,18,20H,4-13,15,17,19H2,1-3H3,(H2,24,25,26);. The van der Waals surface area contributed by atoms with Gasteiger partial charge < -0.3 is 9.79 Å². The molecule has 0 fully saturated rings. The minimum Gasteiger partial charge on any atom is -0.321 e. The van der Waals surface area contributed by atoms with Crippen LogP contribution in [0.1, 0.15) is 103 Å². The quantitative estimate of drug-likeness (QED) is 0.196. The predicted molar refractivity (Wildman–Crippen MR) is 117 cm³/mol. The van der Waals surface area contributed by atoms with Gasteiger partial charge in [0.1, 0.15) is 0 Å². The maximum absolute atomic E-state index is 12.0. The van der Waals surface area contributed by atoms with E-state index < -0.39 is 7.60 Å². The molecule has 1 rings (SSSR count). The smallest absolute Gasteiger partial charge is 0.321 e. The van der Waals surface area contributed by atoms with Gasteiger partial charge in [-0.1, -0.05) is 97.1 Å². The van der Waals surface area contributed by atoms with Crippen molar-refractivity contribution in [2.24, 2.45) is 5.92 Å². The van der Waals surface area contributed by atoms with Crippen molar-refractivity contribution in [1.29, 1.82) is 0 Å². The number of benzene rings is 1. The van der Waals surface area contributed by atoms with Gasteiger partial charge in [0.25, 0.3) is 0 Å². The molecule has 0 saturated heterocycles. The molecular formula is C23H41NdO3P. The molecule has 160 valence electrons. The molecule has 0 saturated carbocycles. The van der Waals surface area contributed by atoms with Crippen molar-refractivity contribution in [2.45, 2.75) is 104 Å². The fourth-order valence-electron chi connectivity index (χ4n) is 3.89. The Balaban J connectivity index is 0.00000729. The van der Waals surface area contributed by atoms with Gasteiger partial charge in [-0.25, -0.2) is 0 Å². The third kappa shape index (κ3) is 11.2. The van der Waals surface area contributed by atoms with Crippen LogP contribution in [0, 0.1) is 46.8 Å². The molecule has 1 unspecified atom stereocenters. The normalized spacial score (nSPS) is 12.6. The summed E-state index contributed by atoms with van der Waals surface area (Å²) >= 11 is 0. The fraction of sp³-hybridized carbons (Fsp3) is 0.739. The van der Waals surface area contributed by atoms with Gasteiger partial charge >= 0.3 is 7.60 Å². The Bertz CT molecular complexity index is 571. The molecule has 0 heterocycles. The van der Waals surface area contributed by atoms with Crippen LogP contribution >= 0.6 is 7.60 Å². The first-order valence-electron chi connectivity index (χ1n) is 11.1. The molecule has 0 aliphatic rings. The first-order valence-corrected chi connectivity index (χ1v) is 12.7. The summed E-state index contributed by atoms with van der Waals surface area (Å²) < 4.78 is 12.0. The maximum atomic E-state index is 12.0. The second-order valence-corrected chi connectivity index (χ2v) is 9.52. The van der Waals surface area contributed by atoms with Crippen LogP contribution in [-0.2, 0) is 17.4 Å². The average Bonchev–Trinajstić information content (AvgIpc) is 2.64. The Morgan fingerprint density at radius 2 is 1.50 bits per heavy atom. The van der Waals surface area contributed by atoms with Crippen LogP contribution in [0.2, 0.25) is 0 Å². The van der Waals surface area contributed by atoms with Gasteiger partial charge in [-0.05, 0) is 42.4 Å². The topological polar surface area (TPSA) is 57.5 Å². The third-order valence-corrected chi connectivity index (χ3v) is 6.69. The zero-order valence-electron chi connectivity index (χ0n) is 18.3. The molecule has 0 aromatic heterocycles. The summed E-state index contributed by atoms with van der Waals surface area (Å²) in [5, 5.41) is 0.260. The van der Waals surface area contributed by atoms with Gasteiger partial charge in [-0.2, -0.15) is 0 Å². The Kier molecular flexibility index (Phi) is 16.8. The van der Waals surface area contributed by atoms with Crippen LogP contribution in [0.5, 0.6) is 0 Å². The predicted octanol–water partition coefficient (Wildman–Crippen LogP) is 6.54. The molecule has 1 atom stereocenters. The Morgan fingerprint density at radius 3 is 2.07 bits per heavy atom. The SMILES string of the molecule is CCCCCCCCCc1c(CC(CC)CCCC)cccc1P(=O)(O)O.[Nd]. The van der Waals surface area contributed by atoms with Gasteiger partial charge in [0.2, 0.25) is 0 Å². The monoisotopic (exact) mass is 538 g/mol. The molecule has 0 radical (unpaired) electrons. The van der Waals surface area contributed by atoms with Gasteiger partial charge in [0, 0.05) is 40.8 Å². The van der Waals surface area contributed by atoms with E-state index in [4.69, 9.17) is 0 Å². The van der Waals surface area contributed by atoms with Crippen molar-refractivity contribution in [1.82, 2.24) is 0 Å². The van der Waals surface area contributed by atoms with E-state index in [2.05, 4.69) is 26.8 Å². The van der Waals surface area contributed by atoms with Crippen LogP contribution in [0.15, 0.2) is 18.2 Å². The molecule has 28 heavy (non-hydrogen) atoms. The van der Waals surface area contributed by atoms with E-state index in [-0.39, 0.29) is 46.1 Å². The van der Waals surface area contributed by atoms with E-state index in [1.54, 1.807) is 6.07 Å². The molecule has 1 aromatic carbocycles. The van der Waals surface area contributed by atoms with E-state index in [0.717, 1.165) is 43.2 Å². The first-order chi connectivity index (χ1) is 12.9. The van der Waals surface area contributed by atoms with Crippen molar-refractivity contribution in [3.05, 3.63) is 29.3 Å². The van der Waals surface area contributed by atoms with Crippen molar-refractivity contribution < 1.29 is 55.2 Å². The Morgan fingerprint density at radius 1 is 0.893 bits per heavy atom. The zero-order valence-corrected chi connectivity index (χ0v) is 22.4. The molecule has 3 nitrogen and oxygen atoms in total. The number of rotatable bonds is 15. The van der Waals surface area contributed by atoms with E-state index >= 15 is 0 Å². The van der Waals surface area contributed by atoms with E-state index in [0.29, 0.717) is 5.92 Å². The largest absolute Gasteiger partial charge is 0.356 e. The van der Waals surface area contributed by atoms with Gasteiger partial charge in [-0.15, -0.1) is 0 Å². The molecule has 0 aliphatic carbocycles. The van der Waals surface area contributed by atoms with Crippen LogP contribution in [-0.4, -0.2) is 9.79 Å². The third-order valence-electron chi connectivity index (χ3n) is 5.64. The summed E-state index contributed by atoms with van der Waals surface area (Å²) in [5.41, 5.74) is 2.08. The summed E-state index contributed by atoms with van der Waals surface area (Å²) in [5.74, 6) is 0.602. The fourth-order valence-corrected chi connectivity index (χ4v) is 4.77. The summed E-state index contributed by atoms with van der Waals surface area (Å²) in [7, 11) is -4.23. The maximum Gasteiger partial charge on any atom is 0.356 e. The molecule has 0 aliphatic heterocycles.